The maximum atomic E-state index is 13.2. The molecule has 0 spiro atoms. The number of amides is 2. The van der Waals surface area contributed by atoms with Gasteiger partial charge in [0.25, 0.3) is 0 Å². The zero-order valence-corrected chi connectivity index (χ0v) is 25.1. The summed E-state index contributed by atoms with van der Waals surface area (Å²) in [7, 11) is 0. The Morgan fingerprint density at radius 2 is 1.55 bits per heavy atom. The quantitative estimate of drug-likeness (QED) is 0.297. The summed E-state index contributed by atoms with van der Waals surface area (Å²) in [4.78, 5) is 55.1. The van der Waals surface area contributed by atoms with Gasteiger partial charge in [0.2, 0.25) is 5.91 Å². The zero-order valence-electron chi connectivity index (χ0n) is 25.1. The van der Waals surface area contributed by atoms with Crippen LogP contribution in [0.5, 0.6) is 0 Å². The number of nitrogens with zero attached hydrogens (tertiary/aromatic N) is 2. The summed E-state index contributed by atoms with van der Waals surface area (Å²) in [5.41, 5.74) is 1.93. The standard InChI is InChI=1S/C32H43N5O5/c1-5-27(38)34-20-22(35-31(41)42-32(2,3)4)21-37-18-16-36(17-19-37)15-9-14-33-26-13-8-12-25-28(26)30(40)24-11-7-6-10-23(24)29(25)39/h6-8,10-13,22,33H,5,9,14-21H2,1-4H3,(H,34,38)(H,35,41)/t22-/m1/s1. The highest BCUT2D eigenvalue weighted by Crippen LogP contribution is 2.31. The minimum atomic E-state index is -0.597. The molecule has 1 aliphatic carbocycles. The number of ketones is 2. The third kappa shape index (κ3) is 8.17. The number of carbonyl (C=O) groups is 4. The fourth-order valence-electron chi connectivity index (χ4n) is 5.32. The number of hydrogen-bond donors (Lipinski definition) is 3. The Morgan fingerprint density at radius 3 is 2.21 bits per heavy atom. The lowest BCUT2D eigenvalue weighted by Gasteiger charge is -2.36. The molecule has 4 rings (SSSR count). The minimum Gasteiger partial charge on any atom is -0.444 e. The summed E-state index contributed by atoms with van der Waals surface area (Å²) >= 11 is 0. The van der Waals surface area contributed by atoms with Gasteiger partial charge in [0.15, 0.2) is 11.6 Å². The van der Waals surface area contributed by atoms with E-state index in [1.165, 1.54) is 0 Å². The van der Waals surface area contributed by atoms with Crippen LogP contribution in [0.1, 0.15) is 72.4 Å². The molecule has 2 aromatic rings. The van der Waals surface area contributed by atoms with Crippen molar-refractivity contribution in [2.75, 3.05) is 57.7 Å². The third-order valence-electron chi connectivity index (χ3n) is 7.45. The van der Waals surface area contributed by atoms with Crippen LogP contribution in [0.25, 0.3) is 0 Å². The second kappa shape index (κ2) is 13.9. The fourth-order valence-corrected chi connectivity index (χ4v) is 5.32. The Balaban J connectivity index is 1.24. The Morgan fingerprint density at radius 1 is 0.905 bits per heavy atom. The van der Waals surface area contributed by atoms with Gasteiger partial charge >= 0.3 is 6.09 Å². The van der Waals surface area contributed by atoms with E-state index in [-0.39, 0.29) is 23.5 Å². The molecule has 1 heterocycles. The van der Waals surface area contributed by atoms with Gasteiger partial charge in [-0.05, 0) is 39.8 Å². The first-order valence-electron chi connectivity index (χ1n) is 14.8. The van der Waals surface area contributed by atoms with Crippen molar-refractivity contribution in [2.24, 2.45) is 0 Å². The van der Waals surface area contributed by atoms with Crippen molar-refractivity contribution in [3.8, 4) is 0 Å². The second-order valence-electron chi connectivity index (χ2n) is 11.9. The molecule has 0 aromatic heterocycles. The lowest BCUT2D eigenvalue weighted by Crippen LogP contribution is -2.54. The number of ether oxygens (including phenoxy) is 1. The van der Waals surface area contributed by atoms with Gasteiger partial charge in [-0.25, -0.2) is 4.79 Å². The maximum Gasteiger partial charge on any atom is 0.407 e. The first-order valence-corrected chi connectivity index (χ1v) is 14.8. The number of carbonyl (C=O) groups excluding carboxylic acids is 4. The lowest BCUT2D eigenvalue weighted by molar-refractivity contribution is -0.120. The molecule has 0 unspecified atom stereocenters. The van der Waals surface area contributed by atoms with E-state index < -0.39 is 11.7 Å². The van der Waals surface area contributed by atoms with Crippen molar-refractivity contribution in [1.82, 2.24) is 20.4 Å². The van der Waals surface area contributed by atoms with E-state index >= 15 is 0 Å². The van der Waals surface area contributed by atoms with Crippen LogP contribution >= 0.6 is 0 Å². The molecular weight excluding hydrogens is 534 g/mol. The van der Waals surface area contributed by atoms with Gasteiger partial charge in [-0.15, -0.1) is 0 Å². The molecular formula is C32H43N5O5. The molecule has 2 aromatic carbocycles. The van der Waals surface area contributed by atoms with E-state index in [1.807, 2.05) is 32.9 Å². The number of hydrogen-bond acceptors (Lipinski definition) is 8. The molecule has 10 nitrogen and oxygen atoms in total. The predicted molar refractivity (Wildman–Crippen MR) is 162 cm³/mol. The first kappa shape index (κ1) is 31.2. The molecule has 42 heavy (non-hydrogen) atoms. The maximum absolute atomic E-state index is 13.2. The third-order valence-corrected chi connectivity index (χ3v) is 7.45. The minimum absolute atomic E-state index is 0.0544. The van der Waals surface area contributed by atoms with E-state index in [9.17, 15) is 19.2 Å². The fraction of sp³-hybridized carbons (Fsp3) is 0.500. The topological polar surface area (TPSA) is 120 Å². The average molecular weight is 578 g/mol. The molecule has 1 atom stereocenters. The summed E-state index contributed by atoms with van der Waals surface area (Å²) in [6.07, 6.45) is 0.787. The van der Waals surface area contributed by atoms with E-state index in [2.05, 4.69) is 25.8 Å². The molecule has 1 fully saturated rings. The van der Waals surface area contributed by atoms with Gasteiger partial charge < -0.3 is 25.6 Å². The monoisotopic (exact) mass is 577 g/mol. The zero-order chi connectivity index (χ0) is 30.3. The highest BCUT2D eigenvalue weighted by Gasteiger charge is 2.31. The van der Waals surface area contributed by atoms with Crippen LogP contribution in [-0.4, -0.2) is 97.4 Å². The molecule has 226 valence electrons. The molecule has 3 N–H and O–H groups in total. The number of fused-ring (bicyclic) bond motifs is 2. The van der Waals surface area contributed by atoms with Crippen LogP contribution in [0.15, 0.2) is 42.5 Å². The van der Waals surface area contributed by atoms with Gasteiger partial charge in [-0.2, -0.15) is 0 Å². The van der Waals surface area contributed by atoms with Crippen molar-refractivity contribution in [2.45, 2.75) is 52.2 Å². The summed E-state index contributed by atoms with van der Waals surface area (Å²) in [5, 5.41) is 9.19. The second-order valence-corrected chi connectivity index (χ2v) is 11.9. The average Bonchev–Trinajstić information content (AvgIpc) is 2.96. The molecule has 0 bridgehead atoms. The number of anilines is 1. The van der Waals surface area contributed by atoms with Gasteiger partial charge in [0.1, 0.15) is 5.60 Å². The molecule has 2 amide bonds. The highest BCUT2D eigenvalue weighted by atomic mass is 16.6. The SMILES string of the molecule is CCC(=O)NC[C@H](CN1CCN(CCCNc2cccc3c2C(=O)c2ccccc2C3=O)CC1)NC(=O)OC(C)(C)C. The van der Waals surface area contributed by atoms with Gasteiger partial charge in [0.05, 0.1) is 11.6 Å². The van der Waals surface area contributed by atoms with E-state index in [4.69, 9.17) is 4.74 Å². The predicted octanol–water partition coefficient (Wildman–Crippen LogP) is 3.30. The van der Waals surface area contributed by atoms with E-state index in [0.717, 1.165) is 39.1 Å². The van der Waals surface area contributed by atoms with Crippen molar-refractivity contribution in [3.63, 3.8) is 0 Å². The van der Waals surface area contributed by atoms with Crippen molar-refractivity contribution < 1.29 is 23.9 Å². The van der Waals surface area contributed by atoms with Gasteiger partial charge in [-0.1, -0.05) is 43.3 Å². The molecule has 2 aliphatic rings. The number of piperazine rings is 1. The van der Waals surface area contributed by atoms with Crippen LogP contribution in [-0.2, 0) is 9.53 Å². The molecule has 0 radical (unpaired) electrons. The lowest BCUT2D eigenvalue weighted by atomic mass is 9.83. The normalized spacial score (nSPS) is 16.3. The summed E-state index contributed by atoms with van der Waals surface area (Å²) < 4.78 is 5.42. The summed E-state index contributed by atoms with van der Waals surface area (Å²) in [6.45, 7) is 13.3. The summed E-state index contributed by atoms with van der Waals surface area (Å²) in [5.74, 6) is -0.285. The largest absolute Gasteiger partial charge is 0.444 e. The van der Waals surface area contributed by atoms with Crippen LogP contribution < -0.4 is 16.0 Å². The Labute approximate surface area is 248 Å². The van der Waals surface area contributed by atoms with Crippen LogP contribution in [0, 0.1) is 0 Å². The van der Waals surface area contributed by atoms with Crippen LogP contribution in [0.2, 0.25) is 0 Å². The Hall–Kier alpha value is -3.76. The molecule has 10 heteroatoms. The summed E-state index contributed by atoms with van der Waals surface area (Å²) in [6, 6.07) is 12.1. The molecule has 1 aliphatic heterocycles. The molecule has 1 saturated heterocycles. The number of nitrogens with one attached hydrogen (secondary N) is 3. The van der Waals surface area contributed by atoms with E-state index in [1.54, 1.807) is 37.3 Å². The van der Waals surface area contributed by atoms with Crippen molar-refractivity contribution in [1.29, 1.82) is 0 Å². The number of benzene rings is 2. The Bertz CT molecular complexity index is 1300. The number of alkyl carbamates (subject to hydrolysis) is 1. The van der Waals surface area contributed by atoms with Crippen LogP contribution in [0.3, 0.4) is 0 Å². The van der Waals surface area contributed by atoms with E-state index in [0.29, 0.717) is 54.0 Å². The number of rotatable bonds is 11. The smallest absolute Gasteiger partial charge is 0.407 e. The van der Waals surface area contributed by atoms with Gasteiger partial charge in [-0.3, -0.25) is 19.3 Å². The van der Waals surface area contributed by atoms with Crippen LogP contribution in [0.4, 0.5) is 10.5 Å². The Kier molecular flexibility index (Phi) is 10.3. The highest BCUT2D eigenvalue weighted by molar-refractivity contribution is 6.30. The van der Waals surface area contributed by atoms with Crippen molar-refractivity contribution >= 4 is 29.3 Å². The van der Waals surface area contributed by atoms with Gasteiger partial charge in [0, 0.05) is 74.6 Å². The first-order chi connectivity index (χ1) is 20.1. The van der Waals surface area contributed by atoms with Crippen molar-refractivity contribution in [3.05, 3.63) is 64.7 Å². The molecule has 0 saturated carbocycles.